The molecule has 17 rings (SSSR count). The number of fused-ring (bicyclic) bond motifs is 1. The van der Waals surface area contributed by atoms with E-state index in [2.05, 4.69) is 568 Å². The lowest BCUT2D eigenvalue weighted by atomic mass is 9.93. The second-order valence-electron chi connectivity index (χ2n) is 38.8. The molecule has 6 aliphatic heterocycles. The van der Waals surface area contributed by atoms with Gasteiger partial charge in [0.1, 0.15) is 65.2 Å². The van der Waals surface area contributed by atoms with Crippen LogP contribution in [0.2, 0.25) is 0 Å². The summed E-state index contributed by atoms with van der Waals surface area (Å²) >= 11 is 0. The highest BCUT2D eigenvalue weighted by molar-refractivity contribution is 6.01. The standard InChI is InChI=1S/C29H40N4.C25H34N4.C23H36N4.C20H22N2.C19H20N2/c1-19(2)30-13-15-32(24(30)8)27-17-26(29-21(5)11-10-12-22(29)6)18-28(23(27)7)33-16-14-31(20(3)4)25(33)9;1-17(2)26-12-14-28(20(26)6)24-16-22-10-8-9-11-23(22)25(19(24)5)29-15-13-27(18(3)4)21(29)7;1-15(2)24-10-12-26(20(24)8)22-17(5)14-18(6)23(19(22)7)27-13-11-25(16(3)4)21(27)9;1-15-12-13-19(21(3)14-15)20-11-7-10-18(22(20)4)17-9-6-5-8-16(17)2;1-15-9-4-5-10-16(15)17-12-8-13-19(21(17)3)18-11-6-7-14-20(18)2/h10-20,24-25H,1-9H3;8-18,20-21H,1-7H3;10-16,20-21H,1-9H3;5-14H,1-4H3;4-14H,1-3H3/q;;;2*+2/t24-,25+;2*20-,21+;;/m.1.../s1. The van der Waals surface area contributed by atoms with Crippen LogP contribution in [0.15, 0.2) is 269 Å². The first-order chi connectivity index (χ1) is 62.8. The van der Waals surface area contributed by atoms with Crippen molar-refractivity contribution >= 4 is 44.9 Å². The molecule has 0 amide bonds. The zero-order valence-electron chi connectivity index (χ0n) is 85.5. The van der Waals surface area contributed by atoms with Gasteiger partial charge in [-0.15, -0.1) is 0 Å². The molecule has 692 valence electrons. The SMILES string of the molecule is Cc1c(N2C=CN(C(C)C)[C@H]2C)cc2ccccc2c1N1C=CN(C(C)C)[C@@H]1C.Cc1cc(C)c(N2C=CN(C(C)C)[C@H]2C)c(C)c1N1C=CN(C(C)C)[C@@H]1C.Cc1ccc(-c2cccc(-c3ccccc3C)[n+]2C)[n+](C)c1.Cc1cccc(C)c1-c1cc(N2C=CN(C(C)C)[C@@H]2C)c(C)c(N2C=CN(C(C)C)[C@H]2C)c1.Cc1ccccc1-c1cccc(-c2cccc[n+]2C)[n+]1C. The number of hydrogen-bond acceptors (Lipinski definition) is 12. The van der Waals surface area contributed by atoms with Crippen LogP contribution >= 0.6 is 0 Å². The number of pyridine rings is 4. The van der Waals surface area contributed by atoms with Crippen molar-refractivity contribution in [3.8, 4) is 56.4 Å². The van der Waals surface area contributed by atoms with Crippen molar-refractivity contribution in [2.24, 2.45) is 28.2 Å². The third-order valence-corrected chi connectivity index (χ3v) is 28.0. The molecule has 16 nitrogen and oxygen atoms in total. The molecule has 0 radical (unpaired) electrons. The maximum atomic E-state index is 2.44. The summed E-state index contributed by atoms with van der Waals surface area (Å²) in [4.78, 5) is 29.1. The van der Waals surface area contributed by atoms with Crippen LogP contribution in [0.4, 0.5) is 34.1 Å². The molecule has 0 bridgehead atoms. The molecular formula is C116H152N16+4. The third kappa shape index (κ3) is 19.7. The highest BCUT2D eigenvalue weighted by Gasteiger charge is 2.37. The molecule has 132 heavy (non-hydrogen) atoms. The van der Waals surface area contributed by atoms with E-state index in [0.717, 1.165) is 0 Å². The van der Waals surface area contributed by atoms with Gasteiger partial charge in [-0.1, -0.05) is 84.9 Å². The van der Waals surface area contributed by atoms with Gasteiger partial charge in [-0.25, -0.2) is 0 Å². The van der Waals surface area contributed by atoms with Gasteiger partial charge >= 0.3 is 0 Å². The van der Waals surface area contributed by atoms with Gasteiger partial charge in [0, 0.05) is 192 Å². The Labute approximate surface area is 793 Å². The second-order valence-corrected chi connectivity index (χ2v) is 38.8. The van der Waals surface area contributed by atoms with Gasteiger partial charge in [0.2, 0.25) is 11.4 Å². The van der Waals surface area contributed by atoms with Crippen LogP contribution in [0.3, 0.4) is 0 Å². The first kappa shape index (κ1) is 97.0. The molecule has 0 saturated heterocycles. The molecule has 7 aromatic carbocycles. The monoisotopic (exact) mass is 1770 g/mol. The molecule has 0 fully saturated rings. The Morgan fingerprint density at radius 1 is 0.258 bits per heavy atom. The average Bonchev–Trinajstić information content (AvgIpc) is 1.46. The largest absolute Gasteiger partial charge is 0.353 e. The minimum Gasteiger partial charge on any atom is -0.353 e. The number of anilines is 6. The van der Waals surface area contributed by atoms with E-state index in [1.807, 2.05) is 0 Å². The summed E-state index contributed by atoms with van der Waals surface area (Å²) in [5.41, 5.74) is 33.5. The summed E-state index contributed by atoms with van der Waals surface area (Å²) < 4.78 is 8.87. The van der Waals surface area contributed by atoms with E-state index in [1.54, 1.807) is 0 Å². The predicted molar refractivity (Wildman–Crippen MR) is 557 cm³/mol. The lowest BCUT2D eigenvalue weighted by Gasteiger charge is -2.37. The zero-order chi connectivity index (χ0) is 95.4. The molecular weight excluding hydrogens is 1620 g/mol. The van der Waals surface area contributed by atoms with Gasteiger partial charge in [0.05, 0.1) is 17.1 Å². The molecule has 4 aromatic heterocycles. The van der Waals surface area contributed by atoms with E-state index in [4.69, 9.17) is 0 Å². The first-order valence-corrected chi connectivity index (χ1v) is 48.1. The summed E-state index contributed by atoms with van der Waals surface area (Å²) in [5.74, 6) is 0. The Bertz CT molecular complexity index is 5940. The maximum Gasteiger partial charge on any atom is 0.277 e. The minimum atomic E-state index is 0.281. The van der Waals surface area contributed by atoms with Crippen molar-refractivity contribution in [2.45, 2.75) is 267 Å². The average molecular weight is 1770 g/mol. The molecule has 10 heterocycles. The van der Waals surface area contributed by atoms with Gasteiger partial charge < -0.3 is 58.8 Å². The Hall–Kier alpha value is -12.6. The van der Waals surface area contributed by atoms with E-state index in [-0.39, 0.29) is 12.3 Å². The topological polar surface area (TPSA) is 54.4 Å². The summed E-state index contributed by atoms with van der Waals surface area (Å²) in [6.07, 6.45) is 32.9. The van der Waals surface area contributed by atoms with Crippen LogP contribution in [-0.2, 0) is 28.2 Å². The first-order valence-electron chi connectivity index (χ1n) is 48.1. The van der Waals surface area contributed by atoms with Crippen LogP contribution < -0.4 is 47.7 Å². The van der Waals surface area contributed by atoms with Gasteiger partial charge in [-0.3, -0.25) is 0 Å². The van der Waals surface area contributed by atoms with Crippen LogP contribution in [0.1, 0.15) is 180 Å². The Morgan fingerprint density at radius 3 is 0.970 bits per heavy atom. The van der Waals surface area contributed by atoms with Gasteiger partial charge in [-0.05, 0) is 315 Å². The van der Waals surface area contributed by atoms with E-state index < -0.39 is 0 Å². The molecule has 11 aromatic rings. The number of benzene rings is 7. The van der Waals surface area contributed by atoms with Gasteiger partial charge in [0.25, 0.3) is 22.8 Å². The molecule has 0 aliphatic carbocycles. The number of hydrogen-bond donors (Lipinski definition) is 0. The highest BCUT2D eigenvalue weighted by Crippen LogP contribution is 2.47. The van der Waals surface area contributed by atoms with E-state index >= 15 is 0 Å². The molecule has 0 spiro atoms. The number of rotatable bonds is 17. The smallest absolute Gasteiger partial charge is 0.277 e. The van der Waals surface area contributed by atoms with Crippen molar-refractivity contribution < 1.29 is 18.3 Å². The summed E-state index contributed by atoms with van der Waals surface area (Å²) in [6, 6.07) is 68.3. The predicted octanol–water partition coefficient (Wildman–Crippen LogP) is 24.4. The number of aryl methyl sites for hydroxylation is 9. The van der Waals surface area contributed by atoms with Crippen molar-refractivity contribution in [1.82, 2.24) is 29.4 Å². The summed E-state index contributed by atoms with van der Waals surface area (Å²) in [6.45, 7) is 63.0. The van der Waals surface area contributed by atoms with Crippen molar-refractivity contribution in [3.63, 3.8) is 0 Å². The van der Waals surface area contributed by atoms with Gasteiger partial charge in [-0.2, -0.15) is 18.3 Å². The molecule has 0 saturated carbocycles. The molecule has 16 heteroatoms. The fraction of sp³-hybridized carbons (Fsp3) is 0.379. The summed E-state index contributed by atoms with van der Waals surface area (Å²) in [5, 5.41) is 2.60. The van der Waals surface area contributed by atoms with E-state index in [1.165, 1.54) is 157 Å². The lowest BCUT2D eigenvalue weighted by Crippen LogP contribution is -2.41. The minimum absolute atomic E-state index is 0.281. The Kier molecular flexibility index (Phi) is 30.2. The summed E-state index contributed by atoms with van der Waals surface area (Å²) in [7, 11) is 8.44. The lowest BCUT2D eigenvalue weighted by molar-refractivity contribution is -0.685. The van der Waals surface area contributed by atoms with Crippen LogP contribution in [-0.4, -0.2) is 103 Å². The molecule has 0 N–H and O–H groups in total. The normalized spacial score (nSPS) is 17.9. The second kappa shape index (κ2) is 41.1. The fourth-order valence-corrected chi connectivity index (χ4v) is 20.9. The fourth-order valence-electron chi connectivity index (χ4n) is 20.9. The van der Waals surface area contributed by atoms with Crippen molar-refractivity contribution in [2.75, 3.05) is 29.4 Å². The van der Waals surface area contributed by atoms with E-state index in [0.29, 0.717) is 60.9 Å². The number of nitrogens with zero attached hydrogens (tertiary/aromatic N) is 16. The quantitative estimate of drug-likeness (QED) is 0.0816. The van der Waals surface area contributed by atoms with Crippen LogP contribution in [0.5, 0.6) is 0 Å². The molecule has 0 unspecified atom stereocenters. The third-order valence-electron chi connectivity index (χ3n) is 28.0. The van der Waals surface area contributed by atoms with E-state index in [9.17, 15) is 0 Å². The zero-order valence-corrected chi connectivity index (χ0v) is 85.5. The van der Waals surface area contributed by atoms with Crippen LogP contribution in [0, 0.1) is 69.2 Å². The van der Waals surface area contributed by atoms with Crippen molar-refractivity contribution in [3.05, 3.63) is 324 Å². The van der Waals surface area contributed by atoms with Crippen molar-refractivity contribution in [1.29, 1.82) is 0 Å². The highest BCUT2D eigenvalue weighted by atomic mass is 15.4. The van der Waals surface area contributed by atoms with Crippen LogP contribution in [0.25, 0.3) is 67.2 Å². The Morgan fingerprint density at radius 2 is 0.583 bits per heavy atom. The number of aromatic nitrogens is 4. The Balaban J connectivity index is 0.000000142. The molecule has 6 atom stereocenters. The molecule has 6 aliphatic rings. The van der Waals surface area contributed by atoms with Gasteiger partial charge in [0.15, 0.2) is 12.4 Å². The maximum absolute atomic E-state index is 2.44.